The zero-order valence-corrected chi connectivity index (χ0v) is 24.1. The maximum absolute atomic E-state index is 11.1. The van der Waals surface area contributed by atoms with Gasteiger partial charge in [0.25, 0.3) is 0 Å². The molecule has 0 saturated carbocycles. The summed E-state index contributed by atoms with van der Waals surface area (Å²) in [6, 6.07) is 17.0. The lowest BCUT2D eigenvalue weighted by atomic mass is 10.1. The Kier molecular flexibility index (Phi) is 10.9. The van der Waals surface area contributed by atoms with Crippen molar-refractivity contribution in [1.82, 2.24) is 0 Å². The van der Waals surface area contributed by atoms with Crippen LogP contribution in [0.2, 0.25) is 5.02 Å². The van der Waals surface area contributed by atoms with Crippen LogP contribution in [0.5, 0.6) is 0 Å². The minimum Gasteiger partial charge on any atom is -0.358 e. The molecule has 2 N–H and O–H groups in total. The number of fused-ring (bicyclic) bond motifs is 3. The van der Waals surface area contributed by atoms with E-state index in [-0.39, 0.29) is 13.3 Å². The van der Waals surface area contributed by atoms with Gasteiger partial charge in [-0.1, -0.05) is 49.4 Å². The Morgan fingerprint density at radius 1 is 0.811 bits per heavy atom. The second kappa shape index (κ2) is 13.7. The summed E-state index contributed by atoms with van der Waals surface area (Å²) in [5.41, 5.74) is 8.41. The third kappa shape index (κ3) is 8.25. The highest BCUT2D eigenvalue weighted by Gasteiger charge is 2.16. The molecule has 0 radical (unpaired) electrons. The first-order valence-electron chi connectivity index (χ1n) is 11.9. The Morgan fingerprint density at radius 3 is 2.27 bits per heavy atom. The van der Waals surface area contributed by atoms with E-state index in [1.807, 2.05) is 42.6 Å². The van der Waals surface area contributed by atoms with Crippen LogP contribution in [0.1, 0.15) is 36.1 Å². The molecule has 6 rings (SSSR count). The molecule has 3 aliphatic rings. The maximum Gasteiger partial charge on any atom is 0.234 e. The van der Waals surface area contributed by atoms with Crippen molar-refractivity contribution in [2.24, 2.45) is 0 Å². The van der Waals surface area contributed by atoms with Crippen molar-refractivity contribution in [3.05, 3.63) is 88.1 Å². The molecule has 3 aliphatic heterocycles. The number of rotatable bonds is 0. The predicted molar refractivity (Wildman–Crippen MR) is 167 cm³/mol. The summed E-state index contributed by atoms with van der Waals surface area (Å²) in [6.07, 6.45) is 2.63. The zero-order chi connectivity index (χ0) is 25.7. The first-order chi connectivity index (χ1) is 17.3. The fourth-order valence-corrected chi connectivity index (χ4v) is 6.86. The van der Waals surface area contributed by atoms with Gasteiger partial charge in [-0.3, -0.25) is 4.79 Å². The van der Waals surface area contributed by atoms with Gasteiger partial charge in [0.05, 0.1) is 17.1 Å². The molecule has 0 atom stereocenters. The molecule has 1 amide bonds. The largest absolute Gasteiger partial charge is 0.358 e. The molecule has 37 heavy (non-hydrogen) atoms. The molecule has 196 valence electrons. The number of hydrogen-bond donors (Lipinski definition) is 2. The van der Waals surface area contributed by atoms with Gasteiger partial charge in [-0.2, -0.15) is 0 Å². The lowest BCUT2D eigenvalue weighted by Crippen LogP contribution is -2.18. The summed E-state index contributed by atoms with van der Waals surface area (Å²) in [7, 11) is 0. The second-order valence-electron chi connectivity index (χ2n) is 9.01. The van der Waals surface area contributed by atoms with Gasteiger partial charge < -0.3 is 10.6 Å². The van der Waals surface area contributed by atoms with Crippen molar-refractivity contribution in [1.29, 1.82) is 0 Å². The van der Waals surface area contributed by atoms with Crippen LogP contribution in [0.3, 0.4) is 0 Å². The zero-order valence-electron chi connectivity index (χ0n) is 20.9. The fraction of sp³-hybridized carbons (Fsp3) is 0.300. The Morgan fingerprint density at radius 2 is 1.49 bits per heavy atom. The van der Waals surface area contributed by atoms with E-state index < -0.39 is 0 Å². The van der Waals surface area contributed by atoms with Crippen molar-refractivity contribution in [2.75, 3.05) is 27.9 Å². The van der Waals surface area contributed by atoms with E-state index >= 15 is 0 Å². The van der Waals surface area contributed by atoms with Crippen molar-refractivity contribution < 1.29 is 4.79 Å². The SMILES string of the molecule is C.C=C1CSc2ccc(C)cc2N1.Cc1cc2c(cc1Cl)SCC(=O)N2.Cc1ccc2c(c1)CCCS2. The van der Waals surface area contributed by atoms with Crippen LogP contribution in [0.15, 0.2) is 75.5 Å². The number of benzene rings is 3. The molecule has 0 aromatic heterocycles. The summed E-state index contributed by atoms with van der Waals surface area (Å²) in [5.74, 6) is 2.82. The molecule has 3 heterocycles. The van der Waals surface area contributed by atoms with Gasteiger partial charge in [-0.15, -0.1) is 35.3 Å². The summed E-state index contributed by atoms with van der Waals surface area (Å²) >= 11 is 11.3. The summed E-state index contributed by atoms with van der Waals surface area (Å²) in [4.78, 5) is 14.9. The number of aryl methyl sites for hydroxylation is 4. The molecule has 3 nitrogen and oxygen atoms in total. The minimum absolute atomic E-state index is 0. The van der Waals surface area contributed by atoms with Crippen molar-refractivity contribution in [2.45, 2.75) is 55.7 Å². The van der Waals surface area contributed by atoms with Gasteiger partial charge in [-0.25, -0.2) is 0 Å². The lowest BCUT2D eigenvalue weighted by Gasteiger charge is -2.19. The molecule has 0 aliphatic carbocycles. The number of halogens is 1. The van der Waals surface area contributed by atoms with E-state index in [2.05, 4.69) is 67.5 Å². The van der Waals surface area contributed by atoms with E-state index in [4.69, 9.17) is 11.6 Å². The molecular formula is C30H35ClN2OS3. The Labute approximate surface area is 239 Å². The summed E-state index contributed by atoms with van der Waals surface area (Å²) in [5, 5.41) is 6.85. The van der Waals surface area contributed by atoms with Gasteiger partial charge >= 0.3 is 0 Å². The summed E-state index contributed by atoms with van der Waals surface area (Å²) in [6.45, 7) is 10.1. The van der Waals surface area contributed by atoms with Gasteiger partial charge in [0, 0.05) is 31.2 Å². The lowest BCUT2D eigenvalue weighted by molar-refractivity contribution is -0.113. The Balaban J connectivity index is 0.000000153. The fourth-order valence-electron chi connectivity index (χ4n) is 3.96. The second-order valence-corrected chi connectivity index (χ2v) is 12.6. The van der Waals surface area contributed by atoms with Crippen LogP contribution >= 0.6 is 46.9 Å². The quantitative estimate of drug-likeness (QED) is 0.282. The summed E-state index contributed by atoms with van der Waals surface area (Å²) < 4.78 is 0. The van der Waals surface area contributed by atoms with E-state index in [1.54, 1.807) is 5.56 Å². The smallest absolute Gasteiger partial charge is 0.234 e. The predicted octanol–water partition coefficient (Wildman–Crippen LogP) is 9.39. The van der Waals surface area contributed by atoms with E-state index in [0.717, 1.165) is 32.6 Å². The van der Waals surface area contributed by atoms with Gasteiger partial charge in [-0.05, 0) is 86.4 Å². The van der Waals surface area contributed by atoms with Crippen LogP contribution < -0.4 is 10.6 Å². The number of thioether (sulfide) groups is 3. The number of nitrogens with one attached hydrogen (secondary N) is 2. The minimum atomic E-state index is 0. The van der Waals surface area contributed by atoms with Crippen LogP contribution in [0.4, 0.5) is 11.4 Å². The van der Waals surface area contributed by atoms with Crippen molar-refractivity contribution in [3.63, 3.8) is 0 Å². The van der Waals surface area contributed by atoms with E-state index in [1.165, 1.54) is 57.0 Å². The standard InChI is InChI=1S/C10H11NS.C10H12S.C9H8ClNOS.CH4/c1-7-3-4-10-9(5-7)11-8(2)6-12-10;1-8-4-5-10-9(7-8)3-2-6-11-10;1-5-2-7-8(3-6(5)10)13-4-9(12)11-7;/h3-5,11H,2,6H2,1H3;4-5,7H,2-3,6H2,1H3;2-3H,4H2,1H3,(H,11,12);1H4. The topological polar surface area (TPSA) is 41.1 Å². The molecule has 3 aromatic carbocycles. The van der Waals surface area contributed by atoms with Crippen molar-refractivity contribution in [3.8, 4) is 0 Å². The number of hydrogen-bond acceptors (Lipinski definition) is 5. The normalized spacial score (nSPS) is 15.0. The third-order valence-corrected chi connectivity index (χ3v) is 9.63. The first-order valence-corrected chi connectivity index (χ1v) is 15.3. The number of amides is 1. The highest BCUT2D eigenvalue weighted by Crippen LogP contribution is 2.36. The highest BCUT2D eigenvalue weighted by atomic mass is 35.5. The van der Waals surface area contributed by atoms with Gasteiger partial charge in [0.2, 0.25) is 5.91 Å². The van der Waals surface area contributed by atoms with Gasteiger partial charge in [0.1, 0.15) is 0 Å². The molecule has 0 unspecified atom stereocenters. The number of anilines is 2. The van der Waals surface area contributed by atoms with Crippen LogP contribution in [-0.2, 0) is 11.2 Å². The van der Waals surface area contributed by atoms with Crippen LogP contribution in [-0.4, -0.2) is 23.2 Å². The number of carbonyl (C=O) groups excluding carboxylic acids is 1. The van der Waals surface area contributed by atoms with Crippen LogP contribution in [0, 0.1) is 20.8 Å². The molecule has 0 spiro atoms. The average Bonchev–Trinajstić information content (AvgIpc) is 2.85. The highest BCUT2D eigenvalue weighted by molar-refractivity contribution is 8.00. The van der Waals surface area contributed by atoms with Crippen LogP contribution in [0.25, 0.3) is 0 Å². The molecular weight excluding hydrogens is 536 g/mol. The van der Waals surface area contributed by atoms with E-state index in [9.17, 15) is 4.79 Å². The third-order valence-electron chi connectivity index (χ3n) is 5.81. The molecule has 0 fully saturated rings. The van der Waals surface area contributed by atoms with E-state index in [0.29, 0.717) is 5.75 Å². The molecule has 3 aromatic rings. The molecule has 0 bridgehead atoms. The first kappa shape index (κ1) is 29.6. The maximum atomic E-state index is 11.1. The number of carbonyl (C=O) groups is 1. The Hall–Kier alpha value is -1.99. The van der Waals surface area contributed by atoms with Crippen molar-refractivity contribution >= 4 is 64.2 Å². The Bertz CT molecular complexity index is 1290. The average molecular weight is 571 g/mol. The monoisotopic (exact) mass is 570 g/mol. The molecule has 7 heteroatoms. The van der Waals surface area contributed by atoms with Gasteiger partial charge in [0.15, 0.2) is 0 Å². The molecule has 0 saturated heterocycles.